The average Bonchev–Trinajstić information content (AvgIpc) is 3.57. The van der Waals surface area contributed by atoms with Gasteiger partial charge in [0.05, 0.1) is 5.41 Å². The van der Waals surface area contributed by atoms with Crippen LogP contribution in [0.1, 0.15) is 59.6 Å². The van der Waals surface area contributed by atoms with Crippen molar-refractivity contribution in [1.82, 2.24) is 0 Å². The first-order chi connectivity index (χ1) is 27.6. The minimum absolute atomic E-state index is 0.528. The molecule has 0 amide bonds. The number of ether oxygens (including phenoxy) is 1. The van der Waals surface area contributed by atoms with Gasteiger partial charge in [-0.2, -0.15) is 0 Å². The second-order valence-electron chi connectivity index (χ2n) is 14.8. The number of nitrogens with zero attached hydrogens (tertiary/aromatic N) is 1. The third-order valence-corrected chi connectivity index (χ3v) is 11.6. The van der Waals surface area contributed by atoms with Gasteiger partial charge < -0.3 is 9.64 Å². The summed E-state index contributed by atoms with van der Waals surface area (Å²) >= 11 is 0. The van der Waals surface area contributed by atoms with E-state index >= 15 is 0 Å². The van der Waals surface area contributed by atoms with Crippen molar-refractivity contribution in [3.8, 4) is 28.0 Å². The molecule has 0 aliphatic heterocycles. The van der Waals surface area contributed by atoms with Gasteiger partial charge in [0, 0.05) is 17.1 Å². The van der Waals surface area contributed by atoms with Gasteiger partial charge in [0.25, 0.3) is 0 Å². The highest BCUT2D eigenvalue weighted by Gasteiger charge is 2.46. The van der Waals surface area contributed by atoms with E-state index in [-0.39, 0.29) is 0 Å². The molecule has 0 heterocycles. The highest BCUT2D eigenvalue weighted by atomic mass is 16.5. The Morgan fingerprint density at radius 2 is 1.04 bits per heavy atom. The van der Waals surface area contributed by atoms with Crippen molar-refractivity contribution in [1.29, 1.82) is 0 Å². The Bertz CT molecular complexity index is 2550. The van der Waals surface area contributed by atoms with E-state index in [2.05, 4.69) is 225 Å². The maximum atomic E-state index is 6.39. The summed E-state index contributed by atoms with van der Waals surface area (Å²) in [7, 11) is 0. The lowest BCUT2D eigenvalue weighted by Crippen LogP contribution is -2.28. The Morgan fingerprint density at radius 3 is 1.73 bits per heavy atom. The zero-order chi connectivity index (χ0) is 37.9. The molecule has 272 valence electrons. The number of fused-ring (bicyclic) bond motifs is 3. The van der Waals surface area contributed by atoms with Crippen LogP contribution >= 0.6 is 0 Å². The van der Waals surface area contributed by atoms with Gasteiger partial charge in [-0.3, -0.25) is 0 Å². The number of rotatable bonds is 11. The predicted molar refractivity (Wildman–Crippen MR) is 233 cm³/mol. The number of hydrogen-bond donors (Lipinski definition) is 0. The van der Waals surface area contributed by atoms with Crippen molar-refractivity contribution in [2.45, 2.75) is 38.2 Å². The van der Waals surface area contributed by atoms with Gasteiger partial charge in [0.1, 0.15) is 12.4 Å². The van der Waals surface area contributed by atoms with Gasteiger partial charge in [-0.05, 0) is 117 Å². The normalized spacial score (nSPS) is 14.8. The van der Waals surface area contributed by atoms with E-state index in [0.29, 0.717) is 12.5 Å². The summed E-state index contributed by atoms with van der Waals surface area (Å²) in [6.45, 7) is 5.04. The van der Waals surface area contributed by atoms with Crippen LogP contribution in [-0.4, -0.2) is 0 Å². The topological polar surface area (TPSA) is 12.5 Å². The van der Waals surface area contributed by atoms with E-state index in [4.69, 9.17) is 4.74 Å². The minimum atomic E-state index is -0.549. The molecule has 2 nitrogen and oxygen atoms in total. The van der Waals surface area contributed by atoms with Crippen molar-refractivity contribution in [2.24, 2.45) is 0 Å². The van der Waals surface area contributed by atoms with Crippen molar-refractivity contribution in [3.05, 3.63) is 240 Å². The largest absolute Gasteiger partial charge is 0.489 e. The highest BCUT2D eigenvalue weighted by molar-refractivity contribution is 5.89. The molecule has 2 atom stereocenters. The smallest absolute Gasteiger partial charge is 0.119 e. The molecular weight excluding hydrogens is 679 g/mol. The van der Waals surface area contributed by atoms with Crippen LogP contribution in [0.5, 0.6) is 5.75 Å². The van der Waals surface area contributed by atoms with Crippen LogP contribution in [0, 0.1) is 0 Å². The van der Waals surface area contributed by atoms with Crippen LogP contribution in [-0.2, 0) is 12.0 Å². The number of anilines is 3. The standard InChI is InChI=1S/C54H45NO/c1-3-39(2)41-25-23-40(24-26-41)38-56-49-34-29-45(30-35-49)54(44-17-9-5-10-18-44)52-22-14-13-21-50(52)51-36-33-48(37-53(51)54)55(46-19-11-6-12-20-46)47-31-27-43(28-32-47)42-15-7-4-8-16-42/h4-37,39H,3,38H2,1-2H3. The van der Waals surface area contributed by atoms with Crippen molar-refractivity contribution < 1.29 is 4.74 Å². The molecule has 0 fully saturated rings. The lowest BCUT2D eigenvalue weighted by molar-refractivity contribution is 0.306. The first-order valence-corrected chi connectivity index (χ1v) is 19.8. The molecule has 1 aliphatic carbocycles. The Hall–Kier alpha value is -6.64. The highest BCUT2D eigenvalue weighted by Crippen LogP contribution is 2.57. The lowest BCUT2D eigenvalue weighted by Gasteiger charge is -2.35. The maximum absolute atomic E-state index is 6.39. The van der Waals surface area contributed by atoms with Gasteiger partial charge in [-0.25, -0.2) is 0 Å². The van der Waals surface area contributed by atoms with Gasteiger partial charge >= 0.3 is 0 Å². The molecule has 56 heavy (non-hydrogen) atoms. The molecule has 0 N–H and O–H groups in total. The van der Waals surface area contributed by atoms with Crippen LogP contribution in [0.15, 0.2) is 206 Å². The number of hydrogen-bond acceptors (Lipinski definition) is 2. The zero-order valence-corrected chi connectivity index (χ0v) is 32.0. The molecule has 8 aromatic carbocycles. The van der Waals surface area contributed by atoms with Crippen LogP contribution in [0.4, 0.5) is 17.1 Å². The van der Waals surface area contributed by atoms with E-state index in [9.17, 15) is 0 Å². The summed E-state index contributed by atoms with van der Waals surface area (Å²) in [5.74, 6) is 1.42. The van der Waals surface area contributed by atoms with Gasteiger partial charge in [-0.15, -0.1) is 0 Å². The van der Waals surface area contributed by atoms with Crippen molar-refractivity contribution in [3.63, 3.8) is 0 Å². The Balaban J connectivity index is 1.15. The van der Waals surface area contributed by atoms with E-state index in [1.165, 1.54) is 55.6 Å². The molecule has 0 radical (unpaired) electrons. The van der Waals surface area contributed by atoms with E-state index in [1.54, 1.807) is 0 Å². The fraction of sp³-hybridized carbons (Fsp3) is 0.111. The zero-order valence-electron chi connectivity index (χ0n) is 32.0. The first kappa shape index (κ1) is 35.1. The first-order valence-electron chi connectivity index (χ1n) is 19.8. The molecule has 0 saturated heterocycles. The molecule has 1 aliphatic rings. The number of benzene rings is 8. The van der Waals surface area contributed by atoms with Crippen LogP contribution < -0.4 is 9.64 Å². The molecular formula is C54H45NO. The maximum Gasteiger partial charge on any atom is 0.119 e. The summed E-state index contributed by atoms with van der Waals surface area (Å²) in [6, 6.07) is 74.8. The van der Waals surface area contributed by atoms with Gasteiger partial charge in [0.2, 0.25) is 0 Å². The quantitative estimate of drug-likeness (QED) is 0.132. The van der Waals surface area contributed by atoms with Gasteiger partial charge in [-0.1, -0.05) is 172 Å². The molecule has 0 bridgehead atoms. The second-order valence-corrected chi connectivity index (χ2v) is 14.8. The molecule has 9 rings (SSSR count). The molecule has 2 unspecified atom stereocenters. The van der Waals surface area contributed by atoms with Crippen LogP contribution in [0.3, 0.4) is 0 Å². The Kier molecular flexibility index (Phi) is 9.55. The monoisotopic (exact) mass is 723 g/mol. The third kappa shape index (κ3) is 6.37. The molecule has 8 aromatic rings. The lowest BCUT2D eigenvalue weighted by atomic mass is 9.67. The minimum Gasteiger partial charge on any atom is -0.489 e. The fourth-order valence-electron chi connectivity index (χ4n) is 8.49. The Morgan fingerprint density at radius 1 is 0.482 bits per heavy atom. The summed E-state index contributed by atoms with van der Waals surface area (Å²) < 4.78 is 6.39. The fourth-order valence-corrected chi connectivity index (χ4v) is 8.49. The third-order valence-electron chi connectivity index (χ3n) is 11.6. The summed E-state index contributed by atoms with van der Waals surface area (Å²) in [5, 5.41) is 0. The molecule has 0 saturated carbocycles. The van der Waals surface area contributed by atoms with E-state index < -0.39 is 5.41 Å². The van der Waals surface area contributed by atoms with Crippen molar-refractivity contribution in [2.75, 3.05) is 4.90 Å². The van der Waals surface area contributed by atoms with Gasteiger partial charge in [0.15, 0.2) is 0 Å². The van der Waals surface area contributed by atoms with E-state index in [1.807, 2.05) is 0 Å². The Labute approximate surface area is 331 Å². The molecule has 0 spiro atoms. The second kappa shape index (κ2) is 15.2. The summed E-state index contributed by atoms with van der Waals surface area (Å²) in [6.07, 6.45) is 1.14. The van der Waals surface area contributed by atoms with Crippen LogP contribution in [0.25, 0.3) is 22.3 Å². The average molecular weight is 724 g/mol. The summed E-state index contributed by atoms with van der Waals surface area (Å²) in [5.41, 5.74) is 15.2. The molecule has 2 heteroatoms. The number of para-hydroxylation sites is 1. The van der Waals surface area contributed by atoms with Crippen LogP contribution in [0.2, 0.25) is 0 Å². The van der Waals surface area contributed by atoms with E-state index in [0.717, 1.165) is 29.2 Å². The SMILES string of the molecule is CCC(C)c1ccc(COc2ccc(C3(c4ccccc4)c4ccccc4-c4ccc(N(c5ccccc5)c5ccc(-c6ccccc6)cc5)cc43)cc2)cc1. The van der Waals surface area contributed by atoms with Crippen molar-refractivity contribution >= 4 is 17.1 Å². The molecule has 0 aromatic heterocycles. The summed E-state index contributed by atoms with van der Waals surface area (Å²) in [4.78, 5) is 2.38. The predicted octanol–water partition coefficient (Wildman–Crippen LogP) is 14.3.